The lowest BCUT2D eigenvalue weighted by Crippen LogP contribution is -2.48. The van der Waals surface area contributed by atoms with Crippen molar-refractivity contribution >= 4 is 27.6 Å². The van der Waals surface area contributed by atoms with E-state index in [9.17, 15) is 22.8 Å². The van der Waals surface area contributed by atoms with E-state index in [4.69, 9.17) is 18.9 Å². The van der Waals surface area contributed by atoms with Crippen LogP contribution >= 0.6 is 0 Å². The first-order chi connectivity index (χ1) is 16.1. The van der Waals surface area contributed by atoms with Gasteiger partial charge in [-0.1, -0.05) is 0 Å². The number of carbonyl (C=O) groups excluding carboxylic acids is 3. The fourth-order valence-electron chi connectivity index (χ4n) is 3.76. The number of nitrogens with one attached hydrogen (secondary N) is 1. The van der Waals surface area contributed by atoms with Crippen LogP contribution in [0.1, 0.15) is 30.6 Å². The molecule has 0 aromatic heterocycles. The number of benzene rings is 1. The van der Waals surface area contributed by atoms with E-state index in [0.29, 0.717) is 45.1 Å². The molecule has 1 N–H and O–H groups in total. The van der Waals surface area contributed by atoms with Gasteiger partial charge >= 0.3 is 5.97 Å². The van der Waals surface area contributed by atoms with Gasteiger partial charge < -0.3 is 29.2 Å². The molecule has 0 saturated carbocycles. The molecular weight excluding hydrogens is 468 g/mol. The van der Waals surface area contributed by atoms with Gasteiger partial charge in [0, 0.05) is 13.1 Å². The lowest BCUT2D eigenvalue weighted by atomic mass is 10.0. The molecule has 2 saturated heterocycles. The molecule has 2 aliphatic heterocycles. The molecule has 0 bridgehead atoms. The summed E-state index contributed by atoms with van der Waals surface area (Å²) in [5, 5.41) is 2.63. The van der Waals surface area contributed by atoms with Crippen LogP contribution < -0.4 is 14.8 Å². The number of esters is 1. The number of carbonyl (C=O) groups is 3. The molecule has 34 heavy (non-hydrogen) atoms. The average molecular weight is 499 g/mol. The molecular formula is C22H30N2O9S. The largest absolute Gasteiger partial charge is 0.490 e. The van der Waals surface area contributed by atoms with E-state index in [0.717, 1.165) is 0 Å². The van der Waals surface area contributed by atoms with E-state index >= 15 is 0 Å². The van der Waals surface area contributed by atoms with Crippen LogP contribution in [0.2, 0.25) is 0 Å². The Morgan fingerprint density at radius 1 is 1.12 bits per heavy atom. The van der Waals surface area contributed by atoms with Crippen LogP contribution in [0.25, 0.3) is 0 Å². The van der Waals surface area contributed by atoms with E-state index in [1.54, 1.807) is 18.7 Å². The van der Waals surface area contributed by atoms with E-state index in [2.05, 4.69) is 5.32 Å². The molecule has 11 nitrogen and oxygen atoms in total. The first kappa shape index (κ1) is 25.8. The van der Waals surface area contributed by atoms with Crippen molar-refractivity contribution in [3.63, 3.8) is 0 Å². The van der Waals surface area contributed by atoms with E-state index in [1.165, 1.54) is 18.2 Å². The number of sulfone groups is 1. The Morgan fingerprint density at radius 2 is 1.85 bits per heavy atom. The highest BCUT2D eigenvalue weighted by Gasteiger charge is 2.39. The number of amides is 2. The molecule has 12 heteroatoms. The van der Waals surface area contributed by atoms with Crippen LogP contribution in [0.5, 0.6) is 11.5 Å². The Bertz CT molecular complexity index is 1020. The maximum absolute atomic E-state index is 12.4. The zero-order valence-corrected chi connectivity index (χ0v) is 20.1. The van der Waals surface area contributed by atoms with Crippen molar-refractivity contribution in [3.8, 4) is 11.5 Å². The minimum absolute atomic E-state index is 0.0102. The van der Waals surface area contributed by atoms with Gasteiger partial charge in [-0.05, 0) is 38.5 Å². The van der Waals surface area contributed by atoms with Crippen LogP contribution in [0.4, 0.5) is 0 Å². The SMILES string of the molecule is CCOc1cc(C(=O)OCC(=O)N[C@@]2(C)CCS(=O)(=O)C2)ccc1OCC(=O)N1CCOCC1. The van der Waals surface area contributed by atoms with Gasteiger partial charge in [0.15, 0.2) is 34.6 Å². The van der Waals surface area contributed by atoms with Crippen LogP contribution in [0.3, 0.4) is 0 Å². The van der Waals surface area contributed by atoms with Crippen molar-refractivity contribution in [2.45, 2.75) is 25.8 Å². The van der Waals surface area contributed by atoms with Gasteiger partial charge in [0.05, 0.1) is 42.4 Å². The van der Waals surface area contributed by atoms with Crippen molar-refractivity contribution in [1.29, 1.82) is 0 Å². The quantitative estimate of drug-likeness (QED) is 0.472. The van der Waals surface area contributed by atoms with Crippen LogP contribution in [-0.2, 0) is 28.9 Å². The standard InChI is InChI=1S/C22H30N2O9S/c1-3-31-18-12-16(4-5-17(18)32-14-20(26)24-7-9-30-10-8-24)21(27)33-13-19(25)23-22(2)6-11-34(28,29)15-22/h4-5,12H,3,6-11,13-15H2,1-2H3,(H,23,25)/t22-/m0/s1. The summed E-state index contributed by atoms with van der Waals surface area (Å²) in [7, 11) is -3.18. The summed E-state index contributed by atoms with van der Waals surface area (Å²) in [4.78, 5) is 38.6. The first-order valence-electron chi connectivity index (χ1n) is 11.0. The Labute approximate surface area is 198 Å². The van der Waals surface area contributed by atoms with E-state index in [1.807, 2.05) is 0 Å². The number of nitrogens with zero attached hydrogens (tertiary/aromatic N) is 1. The number of rotatable bonds is 9. The summed E-state index contributed by atoms with van der Waals surface area (Å²) in [5.41, 5.74) is -0.736. The predicted molar refractivity (Wildman–Crippen MR) is 121 cm³/mol. The second-order valence-corrected chi connectivity index (χ2v) is 10.6. The maximum Gasteiger partial charge on any atom is 0.338 e. The van der Waals surface area contributed by atoms with Gasteiger partial charge in [-0.15, -0.1) is 0 Å². The molecule has 2 amide bonds. The molecule has 3 rings (SSSR count). The van der Waals surface area contributed by atoms with E-state index in [-0.39, 0.29) is 35.3 Å². The molecule has 0 spiro atoms. The zero-order valence-electron chi connectivity index (χ0n) is 19.3. The van der Waals surface area contributed by atoms with Crippen LogP contribution in [-0.4, -0.2) is 94.3 Å². The molecule has 188 valence electrons. The van der Waals surface area contributed by atoms with Gasteiger partial charge in [-0.2, -0.15) is 0 Å². The topological polar surface area (TPSA) is 138 Å². The first-order valence-corrected chi connectivity index (χ1v) is 12.9. The summed E-state index contributed by atoms with van der Waals surface area (Å²) in [6.07, 6.45) is 0.308. The molecule has 2 aliphatic rings. The molecule has 2 heterocycles. The maximum atomic E-state index is 12.4. The molecule has 0 radical (unpaired) electrons. The molecule has 2 fully saturated rings. The second kappa shape index (κ2) is 11.0. The highest BCUT2D eigenvalue weighted by molar-refractivity contribution is 7.91. The predicted octanol–water partition coefficient (Wildman–Crippen LogP) is 0.173. The highest BCUT2D eigenvalue weighted by atomic mass is 32.2. The monoisotopic (exact) mass is 498 g/mol. The summed E-state index contributed by atoms with van der Waals surface area (Å²) >= 11 is 0. The van der Waals surface area contributed by atoms with Gasteiger partial charge in [0.1, 0.15) is 0 Å². The minimum atomic E-state index is -3.18. The van der Waals surface area contributed by atoms with Gasteiger partial charge in [0.25, 0.3) is 11.8 Å². The van der Waals surface area contributed by atoms with Crippen molar-refractivity contribution in [2.24, 2.45) is 0 Å². The normalized spacial score (nSPS) is 21.5. The highest BCUT2D eigenvalue weighted by Crippen LogP contribution is 2.29. The number of hydrogen-bond donors (Lipinski definition) is 1. The molecule has 1 aromatic carbocycles. The Hall–Kier alpha value is -2.86. The Morgan fingerprint density at radius 3 is 2.50 bits per heavy atom. The third-order valence-electron chi connectivity index (χ3n) is 5.47. The van der Waals surface area contributed by atoms with Crippen molar-refractivity contribution < 1.29 is 41.7 Å². The summed E-state index contributed by atoms with van der Waals surface area (Å²) in [5.74, 6) is -1.09. The molecule has 1 atom stereocenters. The van der Waals surface area contributed by atoms with E-state index < -0.39 is 33.9 Å². The third-order valence-corrected chi connectivity index (χ3v) is 7.38. The second-order valence-electron chi connectivity index (χ2n) is 8.40. The minimum Gasteiger partial charge on any atom is -0.490 e. The molecule has 1 aromatic rings. The Balaban J connectivity index is 1.55. The van der Waals surface area contributed by atoms with Crippen LogP contribution in [0.15, 0.2) is 18.2 Å². The van der Waals surface area contributed by atoms with Gasteiger partial charge in [0.2, 0.25) is 0 Å². The fraction of sp³-hybridized carbons (Fsp3) is 0.591. The number of ether oxygens (including phenoxy) is 4. The zero-order chi connectivity index (χ0) is 24.8. The smallest absolute Gasteiger partial charge is 0.338 e. The summed E-state index contributed by atoms with van der Waals surface area (Å²) in [6.45, 7) is 4.98. The van der Waals surface area contributed by atoms with Crippen LogP contribution in [0, 0.1) is 0 Å². The molecule has 0 unspecified atom stereocenters. The van der Waals surface area contributed by atoms with Crippen molar-refractivity contribution in [2.75, 3.05) is 57.6 Å². The average Bonchev–Trinajstić information content (AvgIpc) is 3.09. The summed E-state index contributed by atoms with van der Waals surface area (Å²) in [6, 6.07) is 4.37. The lowest BCUT2D eigenvalue weighted by molar-refractivity contribution is -0.137. The van der Waals surface area contributed by atoms with Gasteiger partial charge in [-0.25, -0.2) is 13.2 Å². The Kier molecular flexibility index (Phi) is 8.37. The lowest BCUT2D eigenvalue weighted by Gasteiger charge is -2.26. The van der Waals surface area contributed by atoms with Crippen molar-refractivity contribution in [1.82, 2.24) is 10.2 Å². The molecule has 0 aliphatic carbocycles. The van der Waals surface area contributed by atoms with Gasteiger partial charge in [-0.3, -0.25) is 9.59 Å². The summed E-state index contributed by atoms with van der Waals surface area (Å²) < 4.78 is 44.8. The fourth-order valence-corrected chi connectivity index (χ4v) is 5.86. The van der Waals surface area contributed by atoms with Crippen molar-refractivity contribution in [3.05, 3.63) is 23.8 Å². The third kappa shape index (κ3) is 7.07. The number of morpholine rings is 1. The number of hydrogen-bond acceptors (Lipinski definition) is 9.